The maximum Gasteiger partial charge on any atom is 0.354 e. The molecule has 3 N–H and O–H groups in total. The van der Waals surface area contributed by atoms with Gasteiger partial charge < -0.3 is 20.7 Å². The van der Waals surface area contributed by atoms with Gasteiger partial charge >= 0.3 is 11.8 Å². The molecule has 178 valence electrons. The Morgan fingerprint density at radius 2 is 2.09 bits per heavy atom. The van der Waals surface area contributed by atoms with Gasteiger partial charge in [-0.25, -0.2) is 15.0 Å². The smallest absolute Gasteiger partial charge is 0.354 e. The monoisotopic (exact) mass is 488 g/mol. The van der Waals surface area contributed by atoms with Gasteiger partial charge in [0.2, 0.25) is 5.95 Å². The molecule has 1 unspecified atom stereocenters. The summed E-state index contributed by atoms with van der Waals surface area (Å²) < 4.78 is 36.4. The van der Waals surface area contributed by atoms with Crippen LogP contribution in [-0.2, 0) is 15.5 Å². The molecule has 3 aliphatic heterocycles. The van der Waals surface area contributed by atoms with Crippen molar-refractivity contribution in [2.75, 3.05) is 36.5 Å². The summed E-state index contributed by atoms with van der Waals surface area (Å²) in [5.74, 6) is -4.52. The van der Waals surface area contributed by atoms with Gasteiger partial charge in [-0.3, -0.25) is 4.79 Å². The third kappa shape index (κ3) is 3.10. The van der Waals surface area contributed by atoms with Crippen LogP contribution in [0, 0.1) is 12.3 Å². The molecule has 6 heterocycles. The fraction of sp³-hybridized carbons (Fsp3) is 0.476. The molecule has 34 heavy (non-hydrogen) atoms. The molecule has 1 atom stereocenters. The second kappa shape index (κ2) is 7.55. The first kappa shape index (κ1) is 21.6. The highest BCUT2D eigenvalue weighted by molar-refractivity contribution is 7.99. The van der Waals surface area contributed by atoms with Crippen LogP contribution in [0.25, 0.3) is 5.65 Å². The SMILES string of the molecule is Cc1nc(N2CCC3(CC2)COCC3N)n2ncnc2c1Sc1ccnc2c1C(F)(F)C(=O)N2. The van der Waals surface area contributed by atoms with Crippen LogP contribution in [0.3, 0.4) is 0 Å². The van der Waals surface area contributed by atoms with E-state index in [4.69, 9.17) is 15.5 Å². The van der Waals surface area contributed by atoms with E-state index in [-0.39, 0.29) is 22.2 Å². The number of ether oxygens (including phenoxy) is 1. The lowest BCUT2D eigenvalue weighted by atomic mass is 9.75. The number of fused-ring (bicyclic) bond motifs is 2. The predicted molar refractivity (Wildman–Crippen MR) is 119 cm³/mol. The number of nitrogens with one attached hydrogen (secondary N) is 1. The molecule has 1 amide bonds. The van der Waals surface area contributed by atoms with Gasteiger partial charge in [0.1, 0.15) is 12.1 Å². The summed E-state index contributed by atoms with van der Waals surface area (Å²) in [6, 6.07) is 1.51. The highest BCUT2D eigenvalue weighted by Crippen LogP contribution is 2.47. The van der Waals surface area contributed by atoms with Crippen molar-refractivity contribution in [2.24, 2.45) is 11.1 Å². The van der Waals surface area contributed by atoms with Crippen LogP contribution < -0.4 is 16.0 Å². The number of piperidine rings is 1. The standard InChI is InChI=1S/C21H22F2N8O2S/c1-11-15(34-12-2-5-25-16-14(12)21(22,23)18(32)29-16)17-26-10-27-31(17)19(28-11)30-6-3-20(4-7-30)9-33-8-13(20)24/h2,5,10,13H,3-4,6-9,24H2,1H3,(H,25,29,32). The minimum absolute atomic E-state index is 0.00123. The quantitative estimate of drug-likeness (QED) is 0.569. The first-order chi connectivity index (χ1) is 16.3. The number of anilines is 2. The fourth-order valence-corrected chi connectivity index (χ4v) is 6.05. The van der Waals surface area contributed by atoms with Gasteiger partial charge in [-0.1, -0.05) is 11.8 Å². The number of aromatic nitrogens is 5. The third-order valence-electron chi connectivity index (χ3n) is 7.01. The van der Waals surface area contributed by atoms with Gasteiger partial charge in [-0.05, 0) is 25.8 Å². The van der Waals surface area contributed by atoms with E-state index >= 15 is 0 Å². The number of alkyl halides is 2. The highest BCUT2D eigenvalue weighted by atomic mass is 32.2. The maximum atomic E-state index is 14.6. The zero-order chi connectivity index (χ0) is 23.7. The van der Waals surface area contributed by atoms with E-state index in [0.717, 1.165) is 37.7 Å². The molecular formula is C21H22F2N8O2S. The van der Waals surface area contributed by atoms with Crippen molar-refractivity contribution in [1.29, 1.82) is 0 Å². The van der Waals surface area contributed by atoms with E-state index in [1.54, 1.807) is 4.52 Å². The van der Waals surface area contributed by atoms with Crippen LogP contribution in [-0.4, -0.2) is 62.8 Å². The normalized spacial score (nSPS) is 23.0. The number of rotatable bonds is 3. The number of aryl methyl sites for hydroxylation is 1. The zero-order valence-electron chi connectivity index (χ0n) is 18.3. The van der Waals surface area contributed by atoms with Gasteiger partial charge in [0.25, 0.3) is 0 Å². The molecule has 2 fully saturated rings. The van der Waals surface area contributed by atoms with Crippen molar-refractivity contribution < 1.29 is 18.3 Å². The maximum absolute atomic E-state index is 14.6. The third-order valence-corrected chi connectivity index (χ3v) is 8.25. The molecule has 3 aromatic rings. The molecule has 0 bridgehead atoms. The molecule has 0 aliphatic carbocycles. The van der Waals surface area contributed by atoms with E-state index in [1.165, 1.54) is 18.6 Å². The lowest BCUT2D eigenvalue weighted by Crippen LogP contribution is -2.49. The molecule has 6 rings (SSSR count). The molecule has 2 saturated heterocycles. The zero-order valence-corrected chi connectivity index (χ0v) is 19.1. The lowest BCUT2D eigenvalue weighted by Gasteiger charge is -2.41. The van der Waals surface area contributed by atoms with Gasteiger partial charge in [-0.15, -0.1) is 0 Å². The van der Waals surface area contributed by atoms with E-state index < -0.39 is 17.4 Å². The minimum Gasteiger partial charge on any atom is -0.379 e. The number of hydrogen-bond donors (Lipinski definition) is 2. The molecule has 0 aromatic carbocycles. The number of carbonyl (C=O) groups excluding carboxylic acids is 1. The van der Waals surface area contributed by atoms with Crippen LogP contribution >= 0.6 is 11.8 Å². The molecule has 0 radical (unpaired) electrons. The van der Waals surface area contributed by atoms with Crippen molar-refractivity contribution in [3.63, 3.8) is 0 Å². The Labute approximate surface area is 197 Å². The summed E-state index contributed by atoms with van der Waals surface area (Å²) in [7, 11) is 0. The first-order valence-electron chi connectivity index (χ1n) is 11.0. The number of nitrogens with two attached hydrogens (primary N) is 1. The number of nitrogens with zero attached hydrogens (tertiary/aromatic N) is 6. The minimum atomic E-state index is -3.66. The van der Waals surface area contributed by atoms with E-state index in [2.05, 4.69) is 25.3 Å². The molecule has 3 aliphatic rings. The van der Waals surface area contributed by atoms with Gasteiger partial charge in [0.15, 0.2) is 5.65 Å². The molecule has 10 nitrogen and oxygen atoms in total. The van der Waals surface area contributed by atoms with Crippen LogP contribution in [0.2, 0.25) is 0 Å². The Bertz CT molecular complexity index is 1310. The summed E-state index contributed by atoms with van der Waals surface area (Å²) in [5, 5.41) is 6.52. The Kier molecular flexibility index (Phi) is 4.80. The number of amides is 1. The van der Waals surface area contributed by atoms with E-state index in [0.29, 0.717) is 35.4 Å². The second-order valence-corrected chi connectivity index (χ2v) is 10.0. The van der Waals surface area contributed by atoms with E-state index in [9.17, 15) is 13.6 Å². The predicted octanol–water partition coefficient (Wildman–Crippen LogP) is 1.97. The summed E-state index contributed by atoms with van der Waals surface area (Å²) in [6.45, 7) is 4.60. The van der Waals surface area contributed by atoms with Crippen LogP contribution in [0.1, 0.15) is 24.1 Å². The molecular weight excluding hydrogens is 466 g/mol. The van der Waals surface area contributed by atoms with Crippen LogP contribution in [0.15, 0.2) is 28.4 Å². The Balaban J connectivity index is 1.35. The molecule has 1 spiro atoms. The average molecular weight is 489 g/mol. The largest absolute Gasteiger partial charge is 0.379 e. The summed E-state index contributed by atoms with van der Waals surface area (Å²) >= 11 is 1.08. The molecule has 13 heteroatoms. The number of pyridine rings is 1. The first-order valence-corrected chi connectivity index (χ1v) is 11.8. The van der Waals surface area contributed by atoms with Crippen molar-refractivity contribution in [3.8, 4) is 0 Å². The number of hydrogen-bond acceptors (Lipinski definition) is 9. The number of halogens is 2. The fourth-order valence-electron chi connectivity index (χ4n) is 4.95. The van der Waals surface area contributed by atoms with Crippen LogP contribution in [0.5, 0.6) is 0 Å². The van der Waals surface area contributed by atoms with Gasteiger partial charge in [-0.2, -0.15) is 18.4 Å². The van der Waals surface area contributed by atoms with Crippen LogP contribution in [0.4, 0.5) is 20.5 Å². The lowest BCUT2D eigenvalue weighted by molar-refractivity contribution is -0.139. The second-order valence-electron chi connectivity index (χ2n) is 8.96. The Morgan fingerprint density at radius 1 is 1.29 bits per heavy atom. The van der Waals surface area contributed by atoms with Crippen molar-refractivity contribution in [1.82, 2.24) is 24.6 Å². The summed E-state index contributed by atoms with van der Waals surface area (Å²) in [5.41, 5.74) is 7.03. The average Bonchev–Trinajstić information content (AvgIpc) is 3.49. The highest BCUT2D eigenvalue weighted by Gasteiger charge is 2.51. The summed E-state index contributed by atoms with van der Waals surface area (Å²) in [4.78, 5) is 27.8. The van der Waals surface area contributed by atoms with Crippen molar-refractivity contribution in [3.05, 3.63) is 29.8 Å². The topological polar surface area (TPSA) is 124 Å². The van der Waals surface area contributed by atoms with Crippen molar-refractivity contribution >= 4 is 35.1 Å². The van der Waals surface area contributed by atoms with Gasteiger partial charge in [0, 0.05) is 35.6 Å². The van der Waals surface area contributed by atoms with Gasteiger partial charge in [0.05, 0.1) is 29.4 Å². The molecule has 3 aromatic heterocycles. The molecule has 0 saturated carbocycles. The van der Waals surface area contributed by atoms with Crippen molar-refractivity contribution in [2.45, 2.75) is 41.5 Å². The van der Waals surface area contributed by atoms with E-state index in [1.807, 2.05) is 6.92 Å². The Morgan fingerprint density at radius 3 is 2.82 bits per heavy atom. The number of carbonyl (C=O) groups is 1. The summed E-state index contributed by atoms with van der Waals surface area (Å²) in [6.07, 6.45) is 4.59. The Hall–Kier alpha value is -2.90.